The van der Waals surface area contributed by atoms with E-state index in [-0.39, 0.29) is 35.5 Å². The summed E-state index contributed by atoms with van der Waals surface area (Å²) in [6.45, 7) is 0.0885. The predicted octanol–water partition coefficient (Wildman–Crippen LogP) is 3.34. The molecule has 0 saturated heterocycles. The van der Waals surface area contributed by atoms with Crippen LogP contribution in [0.15, 0.2) is 22.7 Å². The van der Waals surface area contributed by atoms with E-state index in [4.69, 9.17) is 0 Å². The molecule has 0 radical (unpaired) electrons. The summed E-state index contributed by atoms with van der Waals surface area (Å²) in [7, 11) is 0. The van der Waals surface area contributed by atoms with Gasteiger partial charge in [-0.2, -0.15) is 0 Å². The molecular weight excluding hydrogens is 377 g/mol. The van der Waals surface area contributed by atoms with Crippen molar-refractivity contribution in [1.29, 1.82) is 0 Å². The van der Waals surface area contributed by atoms with E-state index < -0.39 is 17.8 Å². The Kier molecular flexibility index (Phi) is 3.71. The number of nitrogens with one attached hydrogen (secondary N) is 1. The van der Waals surface area contributed by atoms with Crippen molar-refractivity contribution in [3.8, 4) is 0 Å². The summed E-state index contributed by atoms with van der Waals surface area (Å²) in [5.74, 6) is -2.21. The van der Waals surface area contributed by atoms with Crippen molar-refractivity contribution in [1.82, 2.24) is 5.32 Å². The van der Waals surface area contributed by atoms with Gasteiger partial charge < -0.3 is 10.4 Å². The summed E-state index contributed by atoms with van der Waals surface area (Å²) in [4.78, 5) is 24.5. The topological polar surface area (TPSA) is 66.4 Å². The molecule has 3 aliphatic rings. The van der Waals surface area contributed by atoms with Gasteiger partial charge in [-0.05, 0) is 55.1 Å². The lowest BCUT2D eigenvalue weighted by atomic mass is 9.78. The fourth-order valence-electron chi connectivity index (χ4n) is 5.31. The largest absolute Gasteiger partial charge is 0.481 e. The lowest BCUT2D eigenvalue weighted by Crippen LogP contribution is -2.41. The maximum absolute atomic E-state index is 13.9. The molecule has 128 valence electrons. The maximum atomic E-state index is 13.9. The minimum absolute atomic E-state index is 0.0885. The fraction of sp³-hybridized carbons (Fsp3) is 0.556. The monoisotopic (exact) mass is 395 g/mol. The smallest absolute Gasteiger partial charge is 0.307 e. The second-order valence-corrected chi connectivity index (χ2v) is 8.28. The average molecular weight is 396 g/mol. The van der Waals surface area contributed by atoms with Crippen LogP contribution in [0.3, 0.4) is 0 Å². The highest BCUT2D eigenvalue weighted by atomic mass is 79.9. The zero-order valence-corrected chi connectivity index (χ0v) is 14.7. The second kappa shape index (κ2) is 5.55. The molecule has 3 saturated carbocycles. The first-order valence-corrected chi connectivity index (χ1v) is 9.18. The fourth-order valence-corrected chi connectivity index (χ4v) is 5.64. The number of amides is 1. The van der Waals surface area contributed by atoms with Crippen molar-refractivity contribution < 1.29 is 19.1 Å². The third-order valence-corrected chi connectivity index (χ3v) is 6.90. The molecule has 1 spiro atoms. The Hall–Kier alpha value is -1.43. The lowest BCUT2D eigenvalue weighted by Gasteiger charge is -2.27. The molecule has 1 aromatic rings. The summed E-state index contributed by atoms with van der Waals surface area (Å²) in [5.41, 5.74) is 0.510. The Labute approximate surface area is 147 Å². The van der Waals surface area contributed by atoms with Crippen LogP contribution in [0.2, 0.25) is 0 Å². The number of aliphatic carboxylic acids is 1. The summed E-state index contributed by atoms with van der Waals surface area (Å²) in [6.07, 6.45) is 3.97. The van der Waals surface area contributed by atoms with Gasteiger partial charge in [-0.3, -0.25) is 9.59 Å². The maximum Gasteiger partial charge on any atom is 0.307 e. The molecule has 2 bridgehead atoms. The number of carboxylic acid groups (broad SMARTS) is 1. The molecule has 4 rings (SSSR count). The molecule has 4 atom stereocenters. The minimum Gasteiger partial charge on any atom is -0.481 e. The average Bonchev–Trinajstić information content (AvgIpc) is 3.19. The van der Waals surface area contributed by atoms with Crippen LogP contribution in [0.1, 0.15) is 31.2 Å². The van der Waals surface area contributed by atoms with Crippen LogP contribution in [-0.4, -0.2) is 17.0 Å². The molecule has 4 unspecified atom stereocenters. The number of carboxylic acids is 1. The van der Waals surface area contributed by atoms with Gasteiger partial charge in [-0.1, -0.05) is 22.0 Å². The zero-order valence-electron chi connectivity index (χ0n) is 13.1. The van der Waals surface area contributed by atoms with Crippen molar-refractivity contribution in [3.05, 3.63) is 34.1 Å². The predicted molar refractivity (Wildman–Crippen MR) is 88.4 cm³/mol. The Morgan fingerprint density at radius 1 is 1.25 bits per heavy atom. The van der Waals surface area contributed by atoms with Crippen LogP contribution < -0.4 is 5.32 Å². The first-order valence-electron chi connectivity index (χ1n) is 8.38. The molecule has 3 fully saturated rings. The van der Waals surface area contributed by atoms with Gasteiger partial charge in [0.1, 0.15) is 5.82 Å². The number of rotatable bonds is 4. The SMILES string of the molecule is O=C(O)C1C(C(=O)NCc2ccc(Br)cc2F)C2CCC1C21CC1. The van der Waals surface area contributed by atoms with E-state index in [1.165, 1.54) is 6.07 Å². The van der Waals surface area contributed by atoms with Crippen LogP contribution >= 0.6 is 15.9 Å². The van der Waals surface area contributed by atoms with Crippen molar-refractivity contribution in [2.24, 2.45) is 29.1 Å². The first kappa shape index (κ1) is 16.1. The van der Waals surface area contributed by atoms with E-state index in [1.54, 1.807) is 12.1 Å². The Morgan fingerprint density at radius 2 is 1.92 bits per heavy atom. The molecule has 2 N–H and O–H groups in total. The number of carbonyl (C=O) groups excluding carboxylic acids is 1. The van der Waals surface area contributed by atoms with Crippen LogP contribution in [-0.2, 0) is 16.1 Å². The standard InChI is InChI=1S/C18H19BrFNO3/c19-10-2-1-9(13(20)7-10)8-21-16(22)14-11-3-4-12(15(14)17(23)24)18(11)5-6-18/h1-2,7,11-12,14-15H,3-6,8H2,(H,21,22)(H,23,24). The Morgan fingerprint density at radius 3 is 2.50 bits per heavy atom. The van der Waals surface area contributed by atoms with E-state index in [9.17, 15) is 19.1 Å². The van der Waals surface area contributed by atoms with Crippen molar-refractivity contribution in [2.75, 3.05) is 0 Å². The van der Waals surface area contributed by atoms with Gasteiger partial charge in [-0.25, -0.2) is 4.39 Å². The quantitative estimate of drug-likeness (QED) is 0.821. The van der Waals surface area contributed by atoms with Gasteiger partial charge in [0, 0.05) is 16.6 Å². The zero-order chi connectivity index (χ0) is 17.1. The molecule has 0 aromatic heterocycles. The number of hydrogen-bond donors (Lipinski definition) is 2. The van der Waals surface area contributed by atoms with E-state index in [0.717, 1.165) is 25.7 Å². The molecule has 3 aliphatic carbocycles. The van der Waals surface area contributed by atoms with Gasteiger partial charge in [-0.15, -0.1) is 0 Å². The highest BCUT2D eigenvalue weighted by molar-refractivity contribution is 9.10. The summed E-state index contributed by atoms with van der Waals surface area (Å²) < 4.78 is 14.5. The molecule has 24 heavy (non-hydrogen) atoms. The molecule has 4 nitrogen and oxygen atoms in total. The Balaban J connectivity index is 1.50. The third kappa shape index (κ3) is 2.30. The van der Waals surface area contributed by atoms with Crippen LogP contribution in [0.4, 0.5) is 4.39 Å². The second-order valence-electron chi connectivity index (χ2n) is 7.37. The highest BCUT2D eigenvalue weighted by Gasteiger charge is 2.71. The normalized spacial score (nSPS) is 32.1. The highest BCUT2D eigenvalue weighted by Crippen LogP contribution is 2.74. The molecule has 0 aliphatic heterocycles. The first-order chi connectivity index (χ1) is 11.4. The van der Waals surface area contributed by atoms with Gasteiger partial charge in [0.2, 0.25) is 5.91 Å². The molecular formula is C18H19BrFNO3. The number of carbonyl (C=O) groups is 2. The van der Waals surface area contributed by atoms with Gasteiger partial charge >= 0.3 is 5.97 Å². The number of halogens is 2. The minimum atomic E-state index is -0.858. The van der Waals surface area contributed by atoms with Gasteiger partial charge in [0.25, 0.3) is 0 Å². The van der Waals surface area contributed by atoms with E-state index in [0.29, 0.717) is 10.0 Å². The molecule has 6 heteroatoms. The molecule has 0 heterocycles. The van der Waals surface area contributed by atoms with E-state index in [1.807, 2.05) is 0 Å². The Bertz CT molecular complexity index is 718. The van der Waals surface area contributed by atoms with Crippen LogP contribution in [0.5, 0.6) is 0 Å². The van der Waals surface area contributed by atoms with Gasteiger partial charge in [0.15, 0.2) is 0 Å². The third-order valence-electron chi connectivity index (χ3n) is 6.40. The van der Waals surface area contributed by atoms with Crippen molar-refractivity contribution >= 4 is 27.8 Å². The number of benzene rings is 1. The molecule has 1 aromatic carbocycles. The lowest BCUT2D eigenvalue weighted by molar-refractivity contribution is -0.149. The van der Waals surface area contributed by atoms with Crippen LogP contribution in [0, 0.1) is 34.9 Å². The van der Waals surface area contributed by atoms with Crippen molar-refractivity contribution in [3.63, 3.8) is 0 Å². The van der Waals surface area contributed by atoms with E-state index >= 15 is 0 Å². The summed E-state index contributed by atoms with van der Waals surface area (Å²) >= 11 is 3.20. The molecule has 1 amide bonds. The van der Waals surface area contributed by atoms with Crippen molar-refractivity contribution in [2.45, 2.75) is 32.2 Å². The van der Waals surface area contributed by atoms with E-state index in [2.05, 4.69) is 21.2 Å². The summed E-state index contributed by atoms with van der Waals surface area (Å²) in [5, 5.41) is 12.4. The summed E-state index contributed by atoms with van der Waals surface area (Å²) in [6, 6.07) is 4.71. The number of hydrogen-bond acceptors (Lipinski definition) is 2. The van der Waals surface area contributed by atoms with Crippen LogP contribution in [0.25, 0.3) is 0 Å². The van der Waals surface area contributed by atoms with Gasteiger partial charge in [0.05, 0.1) is 11.8 Å².